The minimum Gasteiger partial charge on any atom is -0.398 e. The maximum absolute atomic E-state index is 6.01. The Morgan fingerprint density at radius 2 is 2.05 bits per heavy atom. The van der Waals surface area contributed by atoms with Gasteiger partial charge < -0.3 is 5.73 Å². The lowest BCUT2D eigenvalue weighted by Crippen LogP contribution is -2.05. The number of tetrazole rings is 1. The molecule has 6 heteroatoms. The molecule has 21 heavy (non-hydrogen) atoms. The van der Waals surface area contributed by atoms with Crippen molar-refractivity contribution in [2.45, 2.75) is 13.5 Å². The fourth-order valence-electron chi connectivity index (χ4n) is 2.22. The monoisotopic (exact) mass is 299 g/mol. The number of rotatable bonds is 3. The topological polar surface area (TPSA) is 69.6 Å². The van der Waals surface area contributed by atoms with Crippen LogP contribution in [-0.4, -0.2) is 20.2 Å². The third-order valence-corrected chi connectivity index (χ3v) is 3.44. The summed E-state index contributed by atoms with van der Waals surface area (Å²) >= 11 is 5.93. The largest absolute Gasteiger partial charge is 0.398 e. The van der Waals surface area contributed by atoms with E-state index >= 15 is 0 Å². The van der Waals surface area contributed by atoms with Crippen LogP contribution in [0.25, 0.3) is 11.4 Å². The second-order valence-electron chi connectivity index (χ2n) is 4.88. The maximum atomic E-state index is 6.01. The van der Waals surface area contributed by atoms with Crippen LogP contribution in [0.15, 0.2) is 42.5 Å². The summed E-state index contributed by atoms with van der Waals surface area (Å²) in [7, 11) is 0. The van der Waals surface area contributed by atoms with E-state index in [1.165, 1.54) is 5.56 Å². The lowest BCUT2D eigenvalue weighted by molar-refractivity contribution is 0.653. The van der Waals surface area contributed by atoms with Crippen LogP contribution in [0.5, 0.6) is 0 Å². The lowest BCUT2D eigenvalue weighted by atomic mass is 10.1. The normalized spacial score (nSPS) is 10.8. The van der Waals surface area contributed by atoms with Gasteiger partial charge in [0.05, 0.1) is 6.54 Å². The van der Waals surface area contributed by atoms with E-state index in [4.69, 9.17) is 17.3 Å². The lowest BCUT2D eigenvalue weighted by Gasteiger charge is -2.08. The third-order valence-electron chi connectivity index (χ3n) is 3.20. The molecule has 3 aromatic rings. The Bertz CT molecular complexity index is 781. The van der Waals surface area contributed by atoms with Crippen LogP contribution in [-0.2, 0) is 6.54 Å². The number of hydrogen-bond acceptors (Lipinski definition) is 4. The zero-order valence-corrected chi connectivity index (χ0v) is 12.2. The van der Waals surface area contributed by atoms with E-state index in [-0.39, 0.29) is 0 Å². The van der Waals surface area contributed by atoms with E-state index in [2.05, 4.69) is 34.6 Å². The molecule has 0 aliphatic heterocycles. The summed E-state index contributed by atoms with van der Waals surface area (Å²) in [5, 5.41) is 12.5. The highest BCUT2D eigenvalue weighted by Crippen LogP contribution is 2.26. The van der Waals surface area contributed by atoms with E-state index in [9.17, 15) is 0 Å². The number of halogens is 1. The predicted octanol–water partition coefficient (Wildman–Crippen LogP) is 2.93. The SMILES string of the molecule is Cc1cccc(Cn2nnnc2-c2ccc(Cl)cc2N)c1. The molecule has 1 aromatic heterocycles. The first-order valence-electron chi connectivity index (χ1n) is 6.50. The Morgan fingerprint density at radius 3 is 2.81 bits per heavy atom. The highest BCUT2D eigenvalue weighted by atomic mass is 35.5. The maximum Gasteiger partial charge on any atom is 0.184 e. The molecule has 5 nitrogen and oxygen atoms in total. The molecule has 0 spiro atoms. The van der Waals surface area contributed by atoms with E-state index in [1.807, 2.05) is 18.2 Å². The van der Waals surface area contributed by atoms with Crippen LogP contribution in [0.2, 0.25) is 5.02 Å². The summed E-state index contributed by atoms with van der Waals surface area (Å²) < 4.78 is 1.73. The Hall–Kier alpha value is -2.40. The summed E-state index contributed by atoms with van der Waals surface area (Å²) in [6, 6.07) is 13.5. The van der Waals surface area contributed by atoms with Gasteiger partial charge in [0.2, 0.25) is 0 Å². The van der Waals surface area contributed by atoms with E-state index < -0.39 is 0 Å². The summed E-state index contributed by atoms with van der Waals surface area (Å²) in [5.41, 5.74) is 9.68. The number of nitrogens with zero attached hydrogens (tertiary/aromatic N) is 4. The molecular weight excluding hydrogens is 286 g/mol. The first kappa shape index (κ1) is 13.6. The van der Waals surface area contributed by atoms with Crippen molar-refractivity contribution in [3.8, 4) is 11.4 Å². The molecule has 2 aromatic carbocycles. The Balaban J connectivity index is 1.97. The standard InChI is InChI=1S/C15H14ClN5/c1-10-3-2-4-11(7-10)9-21-15(18-19-20-21)13-6-5-12(16)8-14(13)17/h2-8H,9,17H2,1H3. The van der Waals surface area contributed by atoms with Crippen molar-refractivity contribution >= 4 is 17.3 Å². The summed E-state index contributed by atoms with van der Waals surface area (Å²) in [6.45, 7) is 2.65. The molecule has 1 heterocycles. The highest BCUT2D eigenvalue weighted by molar-refractivity contribution is 6.31. The zero-order valence-electron chi connectivity index (χ0n) is 11.5. The van der Waals surface area contributed by atoms with E-state index in [1.54, 1.807) is 16.8 Å². The Labute approximate surface area is 127 Å². The molecule has 0 aliphatic carbocycles. The van der Waals surface area contributed by atoms with Crippen LogP contribution in [0.4, 0.5) is 5.69 Å². The van der Waals surface area contributed by atoms with Gasteiger partial charge in [0.15, 0.2) is 5.82 Å². The van der Waals surface area contributed by atoms with Gasteiger partial charge in [0.1, 0.15) is 0 Å². The molecule has 0 fully saturated rings. The number of nitrogen functional groups attached to an aromatic ring is 1. The highest BCUT2D eigenvalue weighted by Gasteiger charge is 2.12. The predicted molar refractivity (Wildman–Crippen MR) is 83.0 cm³/mol. The Kier molecular flexibility index (Phi) is 3.58. The van der Waals surface area contributed by atoms with Crippen molar-refractivity contribution < 1.29 is 0 Å². The zero-order chi connectivity index (χ0) is 14.8. The number of anilines is 1. The smallest absolute Gasteiger partial charge is 0.184 e. The van der Waals surface area contributed by atoms with Gasteiger partial charge in [-0.2, -0.15) is 0 Å². The first-order chi connectivity index (χ1) is 10.1. The quantitative estimate of drug-likeness (QED) is 0.755. The minimum atomic E-state index is 0.558. The summed E-state index contributed by atoms with van der Waals surface area (Å²) in [5.74, 6) is 0.630. The number of hydrogen-bond donors (Lipinski definition) is 1. The molecular formula is C15H14ClN5. The average Bonchev–Trinajstić information content (AvgIpc) is 2.87. The number of aryl methyl sites for hydroxylation is 1. The summed E-state index contributed by atoms with van der Waals surface area (Å²) in [6.07, 6.45) is 0. The van der Waals surface area contributed by atoms with Gasteiger partial charge in [-0.3, -0.25) is 0 Å². The van der Waals surface area contributed by atoms with Gasteiger partial charge in [0, 0.05) is 16.3 Å². The van der Waals surface area contributed by atoms with Gasteiger partial charge >= 0.3 is 0 Å². The van der Waals surface area contributed by atoms with Crippen molar-refractivity contribution in [2.75, 3.05) is 5.73 Å². The van der Waals surface area contributed by atoms with Crippen LogP contribution < -0.4 is 5.73 Å². The molecule has 106 valence electrons. The van der Waals surface area contributed by atoms with Gasteiger partial charge in [-0.1, -0.05) is 41.4 Å². The average molecular weight is 300 g/mol. The van der Waals surface area contributed by atoms with Crippen LogP contribution in [0.3, 0.4) is 0 Å². The van der Waals surface area contributed by atoms with Crippen molar-refractivity contribution in [2.24, 2.45) is 0 Å². The molecule has 0 aliphatic rings. The molecule has 2 N–H and O–H groups in total. The first-order valence-corrected chi connectivity index (χ1v) is 6.88. The van der Waals surface area contributed by atoms with Gasteiger partial charge in [-0.05, 0) is 41.1 Å². The molecule has 0 bridgehead atoms. The van der Waals surface area contributed by atoms with Crippen molar-refractivity contribution in [1.29, 1.82) is 0 Å². The molecule has 0 unspecified atom stereocenters. The van der Waals surface area contributed by atoms with Gasteiger partial charge in [-0.15, -0.1) is 5.10 Å². The molecule has 0 radical (unpaired) electrons. The van der Waals surface area contributed by atoms with Crippen LogP contribution >= 0.6 is 11.6 Å². The fourth-order valence-corrected chi connectivity index (χ4v) is 2.41. The van der Waals surface area contributed by atoms with Gasteiger partial charge in [0.25, 0.3) is 0 Å². The second kappa shape index (κ2) is 5.54. The molecule has 0 saturated carbocycles. The number of nitrogens with two attached hydrogens (primary N) is 1. The van der Waals surface area contributed by atoms with E-state index in [0.717, 1.165) is 11.1 Å². The summed E-state index contributed by atoms with van der Waals surface area (Å²) in [4.78, 5) is 0. The second-order valence-corrected chi connectivity index (χ2v) is 5.32. The Morgan fingerprint density at radius 1 is 1.19 bits per heavy atom. The van der Waals surface area contributed by atoms with Crippen LogP contribution in [0, 0.1) is 6.92 Å². The number of benzene rings is 2. The van der Waals surface area contributed by atoms with Crippen molar-refractivity contribution in [3.05, 3.63) is 58.6 Å². The molecule has 3 rings (SSSR count). The van der Waals surface area contributed by atoms with Gasteiger partial charge in [-0.25, -0.2) is 4.68 Å². The van der Waals surface area contributed by atoms with E-state index in [0.29, 0.717) is 23.1 Å². The number of aromatic nitrogens is 4. The fraction of sp³-hybridized carbons (Fsp3) is 0.133. The van der Waals surface area contributed by atoms with Crippen molar-refractivity contribution in [3.63, 3.8) is 0 Å². The van der Waals surface area contributed by atoms with Crippen molar-refractivity contribution in [1.82, 2.24) is 20.2 Å². The molecule has 0 saturated heterocycles. The molecule has 0 atom stereocenters. The van der Waals surface area contributed by atoms with Crippen LogP contribution in [0.1, 0.15) is 11.1 Å². The minimum absolute atomic E-state index is 0.558. The molecule has 0 amide bonds. The third kappa shape index (κ3) is 2.87.